The van der Waals surface area contributed by atoms with Gasteiger partial charge in [0.15, 0.2) is 0 Å². The van der Waals surface area contributed by atoms with Crippen LogP contribution in [0.15, 0.2) is 69.7 Å². The molecule has 2 fully saturated rings. The minimum atomic E-state index is -3.66. The molecule has 3 aliphatic rings. The number of fused-ring (bicyclic) bond motifs is 2. The fourth-order valence-corrected chi connectivity index (χ4v) is 7.73. The van der Waals surface area contributed by atoms with E-state index in [4.69, 9.17) is 4.74 Å². The Morgan fingerprint density at radius 1 is 1.14 bits per heavy atom. The average Bonchev–Trinajstić information content (AvgIpc) is 3.62. The van der Waals surface area contributed by atoms with Crippen LogP contribution in [0, 0.1) is 17.2 Å². The Hall–Kier alpha value is -2.33. The number of hydrogen-bond acceptors (Lipinski definition) is 4. The van der Waals surface area contributed by atoms with Crippen LogP contribution in [-0.2, 0) is 21.2 Å². The predicted octanol–water partition coefficient (Wildman–Crippen LogP) is 5.22. The van der Waals surface area contributed by atoms with Gasteiger partial charge in [-0.1, -0.05) is 21.5 Å². The fourth-order valence-electron chi connectivity index (χ4n) is 5.95. The van der Waals surface area contributed by atoms with E-state index in [1.165, 1.54) is 17.7 Å². The zero-order valence-electron chi connectivity index (χ0n) is 19.9. The number of benzene rings is 2. The van der Waals surface area contributed by atoms with Crippen LogP contribution >= 0.6 is 15.9 Å². The fraction of sp³-hybridized carbons (Fsp3) is 0.370. The third kappa shape index (κ3) is 3.97. The average molecular weight is 573 g/mol. The van der Waals surface area contributed by atoms with Crippen molar-refractivity contribution in [1.82, 2.24) is 14.1 Å². The van der Waals surface area contributed by atoms with E-state index in [-0.39, 0.29) is 11.9 Å². The second-order valence-electron chi connectivity index (χ2n) is 9.98. The molecule has 36 heavy (non-hydrogen) atoms. The van der Waals surface area contributed by atoms with Crippen LogP contribution < -0.4 is 0 Å². The Morgan fingerprint density at radius 2 is 1.86 bits per heavy atom. The van der Waals surface area contributed by atoms with Crippen molar-refractivity contribution in [2.75, 3.05) is 20.2 Å². The van der Waals surface area contributed by atoms with E-state index in [9.17, 15) is 12.8 Å². The number of methoxy groups -OCH3 is 1. The molecule has 2 aromatic carbocycles. The van der Waals surface area contributed by atoms with Gasteiger partial charge in [0.25, 0.3) is 0 Å². The van der Waals surface area contributed by atoms with E-state index in [2.05, 4.69) is 27.1 Å². The highest BCUT2D eigenvalue weighted by atomic mass is 79.9. The van der Waals surface area contributed by atoms with Crippen LogP contribution in [-0.4, -0.2) is 48.8 Å². The van der Waals surface area contributed by atoms with Crippen molar-refractivity contribution in [3.8, 4) is 5.69 Å². The van der Waals surface area contributed by atoms with Gasteiger partial charge in [0, 0.05) is 30.1 Å². The van der Waals surface area contributed by atoms with Gasteiger partial charge in [0.05, 0.1) is 28.6 Å². The SMILES string of the molecule is CO[C@H](C1CC1)C12Cc3cnn(-c4ccc(F)cc4)c3C=C1CCN(S(=O)(=O)c1ccc(Br)cc1)C2. The number of sulfonamides is 1. The third-order valence-electron chi connectivity index (χ3n) is 7.80. The summed E-state index contributed by atoms with van der Waals surface area (Å²) in [4.78, 5) is 0.300. The second kappa shape index (κ2) is 8.90. The van der Waals surface area contributed by atoms with Gasteiger partial charge in [-0.25, -0.2) is 17.5 Å². The van der Waals surface area contributed by atoms with E-state index in [0.717, 1.165) is 34.3 Å². The summed E-state index contributed by atoms with van der Waals surface area (Å²) in [5, 5.41) is 4.63. The van der Waals surface area contributed by atoms with E-state index in [1.807, 2.05) is 10.9 Å². The van der Waals surface area contributed by atoms with E-state index >= 15 is 0 Å². The molecule has 1 saturated carbocycles. The quantitative estimate of drug-likeness (QED) is 0.407. The minimum absolute atomic E-state index is 0.0750. The van der Waals surface area contributed by atoms with E-state index < -0.39 is 15.4 Å². The van der Waals surface area contributed by atoms with Gasteiger partial charge in [-0.2, -0.15) is 9.40 Å². The molecule has 9 heteroatoms. The smallest absolute Gasteiger partial charge is 0.243 e. The van der Waals surface area contributed by atoms with Crippen molar-refractivity contribution in [3.05, 3.63) is 81.8 Å². The molecule has 188 valence electrons. The summed E-state index contributed by atoms with van der Waals surface area (Å²) in [6.07, 6.45) is 7.41. The normalized spacial score (nSPS) is 23.0. The molecule has 0 N–H and O–H groups in total. The molecule has 6 rings (SSSR count). The molecule has 2 heterocycles. The Kier molecular flexibility index (Phi) is 5.94. The van der Waals surface area contributed by atoms with Gasteiger partial charge < -0.3 is 4.74 Å². The molecule has 1 aromatic heterocycles. The van der Waals surface area contributed by atoms with Gasteiger partial charge in [-0.05, 0) is 91.8 Å². The molecule has 2 aliphatic carbocycles. The summed E-state index contributed by atoms with van der Waals surface area (Å²) in [5.41, 5.74) is 3.57. The first-order valence-corrected chi connectivity index (χ1v) is 14.4. The number of hydrogen-bond donors (Lipinski definition) is 0. The number of ether oxygens (including phenoxy) is 1. The lowest BCUT2D eigenvalue weighted by Gasteiger charge is -2.50. The lowest BCUT2D eigenvalue weighted by molar-refractivity contribution is -0.0260. The second-order valence-corrected chi connectivity index (χ2v) is 12.8. The topological polar surface area (TPSA) is 64.4 Å². The van der Waals surface area contributed by atoms with Crippen LogP contribution in [0.1, 0.15) is 30.5 Å². The highest BCUT2D eigenvalue weighted by Crippen LogP contribution is 2.53. The van der Waals surface area contributed by atoms with Crippen LogP contribution in [0.3, 0.4) is 0 Å². The zero-order chi connectivity index (χ0) is 25.1. The summed E-state index contributed by atoms with van der Waals surface area (Å²) < 4.78 is 51.3. The largest absolute Gasteiger partial charge is 0.380 e. The molecule has 0 amide bonds. The van der Waals surface area contributed by atoms with E-state index in [1.54, 1.807) is 47.8 Å². The molecule has 6 nitrogen and oxygen atoms in total. The number of aromatic nitrogens is 2. The molecule has 0 radical (unpaired) electrons. The van der Waals surface area contributed by atoms with Gasteiger partial charge in [0.2, 0.25) is 10.0 Å². The van der Waals surface area contributed by atoms with Crippen LogP contribution in [0.2, 0.25) is 0 Å². The van der Waals surface area contributed by atoms with Crippen molar-refractivity contribution in [1.29, 1.82) is 0 Å². The minimum Gasteiger partial charge on any atom is -0.380 e. The third-order valence-corrected chi connectivity index (χ3v) is 10.2. The Morgan fingerprint density at radius 3 is 2.53 bits per heavy atom. The number of halogens is 2. The molecule has 1 aliphatic heterocycles. The first-order valence-electron chi connectivity index (χ1n) is 12.1. The van der Waals surface area contributed by atoms with Crippen molar-refractivity contribution < 1.29 is 17.5 Å². The van der Waals surface area contributed by atoms with Gasteiger partial charge >= 0.3 is 0 Å². The van der Waals surface area contributed by atoms with Gasteiger partial charge in [-0.15, -0.1) is 0 Å². The van der Waals surface area contributed by atoms with Crippen molar-refractivity contribution in [3.63, 3.8) is 0 Å². The molecule has 1 unspecified atom stereocenters. The van der Waals surface area contributed by atoms with E-state index in [0.29, 0.717) is 36.7 Å². The molecular formula is C27H27BrFN3O3S. The molecule has 0 bridgehead atoms. The highest BCUT2D eigenvalue weighted by Gasteiger charge is 2.54. The lowest BCUT2D eigenvalue weighted by Crippen LogP contribution is -2.55. The molecule has 3 aromatic rings. The number of piperidine rings is 1. The predicted molar refractivity (Wildman–Crippen MR) is 139 cm³/mol. The number of nitrogens with zero attached hydrogens (tertiary/aromatic N) is 3. The van der Waals surface area contributed by atoms with Crippen LogP contribution in [0.5, 0.6) is 0 Å². The maximum atomic E-state index is 13.7. The Labute approximate surface area is 218 Å². The zero-order valence-corrected chi connectivity index (χ0v) is 22.3. The van der Waals surface area contributed by atoms with Gasteiger partial charge in [0.1, 0.15) is 5.82 Å². The van der Waals surface area contributed by atoms with Crippen molar-refractivity contribution in [2.45, 2.75) is 36.7 Å². The molecule has 0 spiro atoms. The first kappa shape index (κ1) is 24.0. The lowest BCUT2D eigenvalue weighted by atomic mass is 9.64. The van der Waals surface area contributed by atoms with Crippen LogP contribution in [0.25, 0.3) is 11.8 Å². The highest BCUT2D eigenvalue weighted by molar-refractivity contribution is 9.10. The summed E-state index contributed by atoms with van der Waals surface area (Å²) in [6.45, 7) is 0.778. The molecule has 2 atom stereocenters. The van der Waals surface area contributed by atoms with Crippen molar-refractivity contribution >= 4 is 32.0 Å². The van der Waals surface area contributed by atoms with Gasteiger partial charge in [-0.3, -0.25) is 0 Å². The number of rotatable bonds is 6. The Bertz CT molecular complexity index is 1430. The summed E-state index contributed by atoms with van der Waals surface area (Å²) >= 11 is 3.39. The van der Waals surface area contributed by atoms with Crippen molar-refractivity contribution in [2.24, 2.45) is 11.3 Å². The van der Waals surface area contributed by atoms with Crippen LogP contribution in [0.4, 0.5) is 4.39 Å². The summed E-state index contributed by atoms with van der Waals surface area (Å²) in [7, 11) is -1.92. The Balaban J connectivity index is 1.41. The first-order chi connectivity index (χ1) is 17.3. The summed E-state index contributed by atoms with van der Waals surface area (Å²) in [6, 6.07) is 13.1. The molecule has 1 saturated heterocycles. The maximum Gasteiger partial charge on any atom is 0.243 e. The molecular weight excluding hydrogens is 545 g/mol. The maximum absolute atomic E-state index is 13.7. The summed E-state index contributed by atoms with van der Waals surface area (Å²) in [5.74, 6) is 0.131. The standard InChI is InChI=1S/C27H27BrFN3O3S/c1-35-26(18-2-3-18)27-15-19-16-30-32(23-8-6-22(29)7-9-23)25(19)14-20(27)12-13-31(17-27)36(33,34)24-10-4-21(28)5-11-24/h4-11,14,16,18,26H,2-3,12-13,15,17H2,1H3/t26-,27?/m1/s1. The monoisotopic (exact) mass is 571 g/mol.